The molecule has 0 heterocycles. The molecule has 2 rings (SSSR count). The van der Waals surface area contributed by atoms with Gasteiger partial charge < -0.3 is 14.3 Å². The first-order chi connectivity index (χ1) is 10.3. The zero-order valence-corrected chi connectivity index (χ0v) is 12.3. The molecular formula is C17H19NO3. The highest BCUT2D eigenvalue weighted by molar-refractivity contribution is 6.01. The minimum absolute atomic E-state index is 0.349. The lowest BCUT2D eigenvalue weighted by atomic mass is 10.1. The van der Waals surface area contributed by atoms with E-state index in [1.807, 2.05) is 54.6 Å². The van der Waals surface area contributed by atoms with Crippen molar-refractivity contribution in [1.82, 2.24) is 0 Å². The predicted molar refractivity (Wildman–Crippen MR) is 82.6 cm³/mol. The largest absolute Gasteiger partial charge is 0.487 e. The molecule has 0 atom stereocenters. The molecule has 0 bridgehead atoms. The van der Waals surface area contributed by atoms with E-state index < -0.39 is 0 Å². The van der Waals surface area contributed by atoms with Crippen LogP contribution in [0, 0.1) is 0 Å². The Kier molecular flexibility index (Phi) is 5.79. The van der Waals surface area contributed by atoms with E-state index in [0.717, 1.165) is 22.6 Å². The molecular weight excluding hydrogens is 266 g/mol. The number of hydrogen-bond acceptors (Lipinski definition) is 4. The van der Waals surface area contributed by atoms with Crippen molar-refractivity contribution in [3.63, 3.8) is 0 Å². The second kappa shape index (κ2) is 8.07. The molecule has 0 unspecified atom stereocenters. The Labute approximate surface area is 125 Å². The van der Waals surface area contributed by atoms with Gasteiger partial charge in [-0.15, -0.1) is 0 Å². The summed E-state index contributed by atoms with van der Waals surface area (Å²) in [6.45, 7) is 0.947. The third-order valence-electron chi connectivity index (χ3n) is 2.92. The number of hydrogen-bond donors (Lipinski definition) is 0. The van der Waals surface area contributed by atoms with Gasteiger partial charge in [0.15, 0.2) is 0 Å². The summed E-state index contributed by atoms with van der Waals surface area (Å²) in [6.07, 6.45) is 0. The fraction of sp³-hybridized carbons (Fsp3) is 0.235. The van der Waals surface area contributed by atoms with Gasteiger partial charge in [-0.25, -0.2) is 0 Å². The van der Waals surface area contributed by atoms with Crippen molar-refractivity contribution >= 4 is 5.71 Å². The average Bonchev–Trinajstić information content (AvgIpc) is 2.54. The zero-order valence-electron chi connectivity index (χ0n) is 12.3. The van der Waals surface area contributed by atoms with E-state index in [0.29, 0.717) is 13.2 Å². The second-order valence-electron chi connectivity index (χ2n) is 4.45. The maximum Gasteiger partial charge on any atom is 0.134 e. The highest BCUT2D eigenvalue weighted by Crippen LogP contribution is 2.13. The Balaban J connectivity index is 2.01. The van der Waals surface area contributed by atoms with E-state index in [1.54, 1.807) is 7.11 Å². The van der Waals surface area contributed by atoms with Gasteiger partial charge in [0.1, 0.15) is 25.2 Å². The monoisotopic (exact) mass is 285 g/mol. The first kappa shape index (κ1) is 15.1. The number of ether oxygens (including phenoxy) is 2. The van der Waals surface area contributed by atoms with Gasteiger partial charge in [0.25, 0.3) is 0 Å². The molecule has 4 heteroatoms. The Morgan fingerprint density at radius 1 is 0.952 bits per heavy atom. The Bertz CT molecular complexity index is 564. The third-order valence-corrected chi connectivity index (χ3v) is 2.92. The molecule has 0 aromatic heterocycles. The molecule has 0 aliphatic heterocycles. The molecule has 0 aliphatic rings. The number of nitrogens with zero attached hydrogens (tertiary/aromatic N) is 1. The van der Waals surface area contributed by atoms with Gasteiger partial charge >= 0.3 is 0 Å². The van der Waals surface area contributed by atoms with Crippen LogP contribution in [0.3, 0.4) is 0 Å². The Morgan fingerprint density at radius 3 is 2.29 bits per heavy atom. The molecule has 0 radical (unpaired) electrons. The summed E-state index contributed by atoms with van der Waals surface area (Å²) in [7, 11) is 3.21. The first-order valence-corrected chi connectivity index (χ1v) is 6.69. The third kappa shape index (κ3) is 4.61. The SMILES string of the molecule is COCc1ccc(OCC(=NOC)c2ccccc2)cc1. The van der Waals surface area contributed by atoms with Crippen LogP contribution in [0.5, 0.6) is 5.75 Å². The van der Waals surface area contributed by atoms with Crippen LogP contribution in [0.25, 0.3) is 0 Å². The van der Waals surface area contributed by atoms with Crippen LogP contribution in [-0.2, 0) is 16.2 Å². The van der Waals surface area contributed by atoms with Crippen molar-refractivity contribution in [2.45, 2.75) is 6.61 Å². The van der Waals surface area contributed by atoms with Crippen molar-refractivity contribution < 1.29 is 14.3 Å². The van der Waals surface area contributed by atoms with Gasteiger partial charge in [0.2, 0.25) is 0 Å². The highest BCUT2D eigenvalue weighted by Gasteiger charge is 2.05. The molecule has 2 aromatic carbocycles. The molecule has 0 saturated heterocycles. The topological polar surface area (TPSA) is 40.0 Å². The summed E-state index contributed by atoms with van der Waals surface area (Å²) >= 11 is 0. The summed E-state index contributed by atoms with van der Waals surface area (Å²) in [4.78, 5) is 4.89. The van der Waals surface area contributed by atoms with Crippen LogP contribution in [0.1, 0.15) is 11.1 Å². The quantitative estimate of drug-likeness (QED) is 0.579. The lowest BCUT2D eigenvalue weighted by Crippen LogP contribution is -2.13. The van der Waals surface area contributed by atoms with Crippen molar-refractivity contribution in [3.8, 4) is 5.75 Å². The molecule has 2 aromatic rings. The van der Waals surface area contributed by atoms with E-state index in [1.165, 1.54) is 7.11 Å². The van der Waals surface area contributed by atoms with Crippen LogP contribution < -0.4 is 4.74 Å². The van der Waals surface area contributed by atoms with Crippen LogP contribution in [0.15, 0.2) is 59.8 Å². The Morgan fingerprint density at radius 2 is 1.67 bits per heavy atom. The van der Waals surface area contributed by atoms with Crippen molar-refractivity contribution in [1.29, 1.82) is 0 Å². The van der Waals surface area contributed by atoms with Gasteiger partial charge in [-0.1, -0.05) is 47.6 Å². The van der Waals surface area contributed by atoms with Crippen LogP contribution in [0.2, 0.25) is 0 Å². The lowest BCUT2D eigenvalue weighted by molar-refractivity contribution is 0.185. The van der Waals surface area contributed by atoms with Gasteiger partial charge in [0, 0.05) is 12.7 Å². The molecule has 0 aliphatic carbocycles. The van der Waals surface area contributed by atoms with E-state index in [-0.39, 0.29) is 0 Å². The van der Waals surface area contributed by atoms with E-state index in [4.69, 9.17) is 14.3 Å². The summed E-state index contributed by atoms with van der Waals surface area (Å²) in [5, 5.41) is 4.03. The molecule has 21 heavy (non-hydrogen) atoms. The van der Waals surface area contributed by atoms with Crippen molar-refractivity contribution in [2.24, 2.45) is 5.16 Å². The van der Waals surface area contributed by atoms with E-state index in [9.17, 15) is 0 Å². The van der Waals surface area contributed by atoms with Crippen molar-refractivity contribution in [2.75, 3.05) is 20.8 Å². The maximum absolute atomic E-state index is 5.76. The first-order valence-electron chi connectivity index (χ1n) is 6.69. The van der Waals surface area contributed by atoms with Gasteiger partial charge in [-0.3, -0.25) is 0 Å². The molecule has 0 amide bonds. The second-order valence-corrected chi connectivity index (χ2v) is 4.45. The summed E-state index contributed by atoms with van der Waals surface area (Å²) in [5.74, 6) is 0.787. The van der Waals surface area contributed by atoms with Crippen LogP contribution in [-0.4, -0.2) is 26.5 Å². The van der Waals surface area contributed by atoms with Crippen LogP contribution >= 0.6 is 0 Å². The highest BCUT2D eigenvalue weighted by atomic mass is 16.6. The molecule has 110 valence electrons. The smallest absolute Gasteiger partial charge is 0.134 e. The van der Waals surface area contributed by atoms with Crippen LogP contribution in [0.4, 0.5) is 0 Å². The number of benzene rings is 2. The van der Waals surface area contributed by atoms with Gasteiger partial charge in [0.05, 0.1) is 6.61 Å². The normalized spacial score (nSPS) is 11.2. The molecule has 0 saturated carbocycles. The molecule has 4 nitrogen and oxygen atoms in total. The fourth-order valence-electron chi connectivity index (χ4n) is 1.90. The van der Waals surface area contributed by atoms with Gasteiger partial charge in [-0.2, -0.15) is 0 Å². The lowest BCUT2D eigenvalue weighted by Gasteiger charge is -2.09. The summed E-state index contributed by atoms with van der Waals surface area (Å²) in [6, 6.07) is 17.6. The molecule has 0 N–H and O–H groups in total. The average molecular weight is 285 g/mol. The van der Waals surface area contributed by atoms with Gasteiger partial charge in [-0.05, 0) is 17.7 Å². The molecule has 0 fully saturated rings. The molecule has 0 spiro atoms. The Hall–Kier alpha value is -2.33. The predicted octanol–water partition coefficient (Wildman–Crippen LogP) is 3.26. The maximum atomic E-state index is 5.76. The number of oxime groups is 1. The minimum atomic E-state index is 0.349. The van der Waals surface area contributed by atoms with Crippen molar-refractivity contribution in [3.05, 3.63) is 65.7 Å². The standard InChI is InChI=1S/C17H19NO3/c1-19-12-14-8-10-16(11-9-14)21-13-17(18-20-2)15-6-4-3-5-7-15/h3-11H,12-13H2,1-2H3. The summed E-state index contributed by atoms with van der Waals surface area (Å²) < 4.78 is 10.8. The van der Waals surface area contributed by atoms with E-state index in [2.05, 4.69) is 5.16 Å². The number of methoxy groups -OCH3 is 1. The zero-order chi connectivity index (χ0) is 14.9. The number of rotatable bonds is 7. The minimum Gasteiger partial charge on any atom is -0.487 e. The van der Waals surface area contributed by atoms with E-state index >= 15 is 0 Å². The fourth-order valence-corrected chi connectivity index (χ4v) is 1.90. The summed E-state index contributed by atoms with van der Waals surface area (Å²) in [5.41, 5.74) is 2.84.